The second kappa shape index (κ2) is 9.56. The number of nitrogens with zero attached hydrogens (tertiary/aromatic N) is 6. The van der Waals surface area contributed by atoms with Crippen LogP contribution in [0.2, 0.25) is 0 Å². The summed E-state index contributed by atoms with van der Waals surface area (Å²) in [5.74, 6) is 0.800. The minimum Gasteiger partial charge on any atom is -0.338 e. The monoisotopic (exact) mass is 470 g/mol. The van der Waals surface area contributed by atoms with Gasteiger partial charge in [-0.2, -0.15) is 10.2 Å². The summed E-state index contributed by atoms with van der Waals surface area (Å²) in [7, 11) is 3.69. The Morgan fingerprint density at radius 2 is 1.88 bits per heavy atom. The van der Waals surface area contributed by atoms with Crippen molar-refractivity contribution in [2.24, 2.45) is 14.1 Å². The van der Waals surface area contributed by atoms with E-state index in [2.05, 4.69) is 10.00 Å². The molecule has 2 aliphatic rings. The number of aryl methyl sites for hydroxylation is 3. The maximum absolute atomic E-state index is 14.1. The third kappa shape index (κ3) is 4.19. The number of carbonyl (C=O) groups is 1. The van der Waals surface area contributed by atoms with Crippen molar-refractivity contribution in [2.75, 3.05) is 18.0 Å². The molecule has 0 atom stereocenters. The zero-order valence-corrected chi connectivity index (χ0v) is 20.5. The van der Waals surface area contributed by atoms with E-state index in [1.165, 1.54) is 0 Å². The molecule has 182 valence electrons. The highest BCUT2D eigenvalue weighted by molar-refractivity contribution is 5.78. The van der Waals surface area contributed by atoms with E-state index in [1.54, 1.807) is 37.1 Å². The molecule has 0 unspecified atom stereocenters. The number of fused-ring (bicyclic) bond motifs is 2. The number of hydrogen-bond donors (Lipinski definition) is 0. The number of hydrogen-bond acceptors (Lipinski definition) is 4. The Balaban J connectivity index is 0.00000133. The van der Waals surface area contributed by atoms with Crippen molar-refractivity contribution >= 4 is 17.4 Å². The second-order valence-corrected chi connectivity index (χ2v) is 8.59. The van der Waals surface area contributed by atoms with Crippen molar-refractivity contribution in [3.8, 4) is 11.1 Å². The highest BCUT2D eigenvalue weighted by atomic mass is 19.3. The molecule has 2 aliphatic heterocycles. The number of amides is 1. The van der Waals surface area contributed by atoms with Crippen molar-refractivity contribution in [3.63, 3.8) is 0 Å². The van der Waals surface area contributed by atoms with Crippen molar-refractivity contribution in [2.45, 2.75) is 53.0 Å². The normalized spacial score (nSPS) is 15.1. The molecule has 0 saturated carbocycles. The van der Waals surface area contributed by atoms with E-state index in [4.69, 9.17) is 5.10 Å². The average Bonchev–Trinajstić information content (AvgIpc) is 3.41. The Morgan fingerprint density at radius 3 is 2.53 bits per heavy atom. The molecule has 0 N–H and O–H groups in total. The molecular formula is C25H32F2N6O. The first-order valence-electron chi connectivity index (χ1n) is 11.8. The highest BCUT2D eigenvalue weighted by Crippen LogP contribution is 2.42. The van der Waals surface area contributed by atoms with Crippen molar-refractivity contribution in [3.05, 3.63) is 46.9 Å². The van der Waals surface area contributed by atoms with E-state index in [-0.39, 0.29) is 11.5 Å². The van der Waals surface area contributed by atoms with Gasteiger partial charge in [0, 0.05) is 74.8 Å². The zero-order chi connectivity index (χ0) is 24.6. The van der Waals surface area contributed by atoms with Gasteiger partial charge in [0.1, 0.15) is 0 Å². The van der Waals surface area contributed by atoms with Crippen LogP contribution in [0, 0.1) is 0 Å². The minimum atomic E-state index is -2.61. The van der Waals surface area contributed by atoms with Gasteiger partial charge in [0.15, 0.2) is 5.82 Å². The fourth-order valence-corrected chi connectivity index (χ4v) is 4.92. The van der Waals surface area contributed by atoms with E-state index < -0.39 is 6.43 Å². The SMILES string of the molecule is CC.CC(=O)N1CCc2c(c(N3CCCc4cc(-c5cnn(C)c5)c(C(F)F)cc43)nn2C)C1. The third-order valence-corrected chi connectivity index (χ3v) is 6.54. The van der Waals surface area contributed by atoms with Gasteiger partial charge in [-0.1, -0.05) is 13.8 Å². The Labute approximate surface area is 199 Å². The summed E-state index contributed by atoms with van der Waals surface area (Å²) in [6.45, 7) is 7.44. The van der Waals surface area contributed by atoms with Gasteiger partial charge >= 0.3 is 0 Å². The van der Waals surface area contributed by atoms with Crippen LogP contribution >= 0.6 is 0 Å². The summed E-state index contributed by atoms with van der Waals surface area (Å²) >= 11 is 0. The summed E-state index contributed by atoms with van der Waals surface area (Å²) in [6, 6.07) is 3.51. The number of rotatable bonds is 3. The largest absolute Gasteiger partial charge is 0.338 e. The van der Waals surface area contributed by atoms with Gasteiger partial charge in [-0.05, 0) is 36.1 Å². The van der Waals surface area contributed by atoms with Crippen LogP contribution in [0.25, 0.3) is 11.1 Å². The highest BCUT2D eigenvalue weighted by Gasteiger charge is 2.31. The molecule has 0 saturated heterocycles. The topological polar surface area (TPSA) is 59.2 Å². The van der Waals surface area contributed by atoms with Crippen LogP contribution in [-0.4, -0.2) is 43.5 Å². The Kier molecular flexibility index (Phi) is 6.72. The van der Waals surface area contributed by atoms with E-state index in [0.29, 0.717) is 30.8 Å². The molecule has 5 rings (SSSR count). The lowest BCUT2D eigenvalue weighted by molar-refractivity contribution is -0.129. The molecule has 34 heavy (non-hydrogen) atoms. The lowest BCUT2D eigenvalue weighted by Crippen LogP contribution is -2.35. The molecule has 7 nitrogen and oxygen atoms in total. The summed E-state index contributed by atoms with van der Waals surface area (Å²) in [4.78, 5) is 15.9. The molecule has 0 bridgehead atoms. The van der Waals surface area contributed by atoms with Crippen LogP contribution in [0.1, 0.15) is 56.0 Å². The Hall–Kier alpha value is -3.23. The lowest BCUT2D eigenvalue weighted by atomic mass is 9.92. The fourth-order valence-electron chi connectivity index (χ4n) is 4.92. The van der Waals surface area contributed by atoms with Crippen molar-refractivity contribution in [1.82, 2.24) is 24.5 Å². The summed E-state index contributed by atoms with van der Waals surface area (Å²) < 4.78 is 31.7. The molecular weight excluding hydrogens is 438 g/mol. The van der Waals surface area contributed by atoms with Gasteiger partial charge in [-0.3, -0.25) is 14.2 Å². The molecule has 1 aromatic carbocycles. The molecule has 3 aromatic rings. The molecule has 9 heteroatoms. The second-order valence-electron chi connectivity index (χ2n) is 8.59. The number of benzene rings is 1. The van der Waals surface area contributed by atoms with Gasteiger partial charge < -0.3 is 9.80 Å². The predicted molar refractivity (Wildman–Crippen MR) is 128 cm³/mol. The van der Waals surface area contributed by atoms with E-state index in [1.807, 2.05) is 36.5 Å². The smallest absolute Gasteiger partial charge is 0.264 e. The molecule has 4 heterocycles. The summed E-state index contributed by atoms with van der Waals surface area (Å²) in [5, 5.41) is 8.93. The first-order chi connectivity index (χ1) is 16.3. The minimum absolute atomic E-state index is 0.00110. The first kappa shape index (κ1) is 23.9. The van der Waals surface area contributed by atoms with Gasteiger partial charge in [0.2, 0.25) is 5.91 Å². The Bertz CT molecular complexity index is 1200. The first-order valence-corrected chi connectivity index (χ1v) is 11.8. The molecule has 1 amide bonds. The van der Waals surface area contributed by atoms with Gasteiger partial charge in [-0.15, -0.1) is 0 Å². The molecule has 0 spiro atoms. The lowest BCUT2D eigenvalue weighted by Gasteiger charge is -2.33. The van der Waals surface area contributed by atoms with Crippen LogP contribution in [0.5, 0.6) is 0 Å². The number of carbonyl (C=O) groups excluding carboxylic acids is 1. The van der Waals surface area contributed by atoms with E-state index in [0.717, 1.165) is 47.6 Å². The molecule has 0 fully saturated rings. The molecule has 0 radical (unpaired) electrons. The van der Waals surface area contributed by atoms with E-state index in [9.17, 15) is 13.6 Å². The number of alkyl halides is 2. The van der Waals surface area contributed by atoms with Gasteiger partial charge in [-0.25, -0.2) is 8.78 Å². The van der Waals surface area contributed by atoms with Crippen LogP contribution in [0.15, 0.2) is 24.5 Å². The zero-order valence-electron chi connectivity index (χ0n) is 20.5. The predicted octanol–water partition coefficient (Wildman–Crippen LogP) is 4.77. The molecule has 2 aromatic heterocycles. The van der Waals surface area contributed by atoms with Crippen molar-refractivity contribution in [1.29, 1.82) is 0 Å². The number of anilines is 2. The van der Waals surface area contributed by atoms with E-state index >= 15 is 0 Å². The quantitative estimate of drug-likeness (QED) is 0.553. The van der Waals surface area contributed by atoms with Gasteiger partial charge in [0.05, 0.1) is 12.7 Å². The average molecular weight is 471 g/mol. The van der Waals surface area contributed by atoms with Crippen molar-refractivity contribution < 1.29 is 13.6 Å². The summed E-state index contributed by atoms with van der Waals surface area (Å²) in [6.07, 6.45) is 3.23. The van der Waals surface area contributed by atoms with Gasteiger partial charge in [0.25, 0.3) is 6.43 Å². The number of halogens is 2. The summed E-state index contributed by atoms with van der Waals surface area (Å²) in [5.41, 5.74) is 5.13. The van der Waals surface area contributed by atoms with Crippen LogP contribution in [-0.2, 0) is 38.3 Å². The maximum Gasteiger partial charge on any atom is 0.264 e. The number of aromatic nitrogens is 4. The van der Waals surface area contributed by atoms with Crippen LogP contribution in [0.3, 0.4) is 0 Å². The maximum atomic E-state index is 14.1. The van der Waals surface area contributed by atoms with Crippen LogP contribution < -0.4 is 4.90 Å². The molecule has 0 aliphatic carbocycles. The Morgan fingerprint density at radius 1 is 1.12 bits per heavy atom. The van der Waals surface area contributed by atoms with Crippen LogP contribution in [0.4, 0.5) is 20.3 Å². The third-order valence-electron chi connectivity index (χ3n) is 6.54. The standard InChI is InChI=1S/C23H26F2N6O.C2H6/c1-14(32)30-8-6-20-19(13-30)23(27-29(20)3)31-7-4-5-15-9-17(16-11-26-28(2)12-16)18(22(24)25)10-21(15)31;1-2/h9-12,22H,4-8,13H2,1-3H3;1-2H3. The fraction of sp³-hybridized carbons (Fsp3) is 0.480.